The van der Waals surface area contributed by atoms with Crippen molar-refractivity contribution in [2.75, 3.05) is 0 Å². The van der Waals surface area contributed by atoms with Gasteiger partial charge in [0, 0.05) is 0 Å². The first kappa shape index (κ1) is 15.6. The fourth-order valence-corrected chi connectivity index (χ4v) is 2.33. The molecule has 2 aromatic rings. The Hall–Kier alpha value is -1.80. The lowest BCUT2D eigenvalue weighted by Gasteiger charge is -2.12. The molecule has 2 nitrogen and oxygen atoms in total. The van der Waals surface area contributed by atoms with E-state index in [0.29, 0.717) is 6.61 Å². The van der Waals surface area contributed by atoms with Gasteiger partial charge in [-0.15, -0.1) is 0 Å². The van der Waals surface area contributed by atoms with Crippen molar-refractivity contribution in [3.63, 3.8) is 0 Å². The van der Waals surface area contributed by atoms with Crippen molar-refractivity contribution in [1.29, 1.82) is 0 Å². The van der Waals surface area contributed by atoms with Crippen molar-refractivity contribution in [2.24, 2.45) is 0 Å². The average molecular weight is 284 g/mol. The van der Waals surface area contributed by atoms with Gasteiger partial charge >= 0.3 is 0 Å². The molecule has 112 valence electrons. The molecule has 2 heteroatoms. The van der Waals surface area contributed by atoms with E-state index in [4.69, 9.17) is 4.74 Å². The second kappa shape index (κ2) is 8.48. The molecule has 0 spiro atoms. The van der Waals surface area contributed by atoms with E-state index < -0.39 is 0 Å². The van der Waals surface area contributed by atoms with Gasteiger partial charge in [0.05, 0.1) is 6.10 Å². The highest BCUT2D eigenvalue weighted by Gasteiger charge is 2.07. The van der Waals surface area contributed by atoms with Gasteiger partial charge in [-0.05, 0) is 35.7 Å². The van der Waals surface area contributed by atoms with Crippen LogP contribution >= 0.6 is 0 Å². The topological polar surface area (TPSA) is 29.5 Å². The molecule has 2 rings (SSSR count). The second-order valence-corrected chi connectivity index (χ2v) is 5.36. The van der Waals surface area contributed by atoms with E-state index in [2.05, 4.69) is 6.92 Å². The Morgan fingerprint density at radius 1 is 1.00 bits per heavy atom. The monoisotopic (exact) mass is 284 g/mol. The van der Waals surface area contributed by atoms with Gasteiger partial charge in [-0.1, -0.05) is 62.6 Å². The Balaban J connectivity index is 1.91. The molecule has 0 bridgehead atoms. The van der Waals surface area contributed by atoms with Crippen LogP contribution < -0.4 is 4.74 Å². The van der Waals surface area contributed by atoms with E-state index in [0.717, 1.165) is 29.7 Å². The summed E-state index contributed by atoms with van der Waals surface area (Å²) in [6.45, 7) is 2.70. The van der Waals surface area contributed by atoms with Crippen molar-refractivity contribution >= 4 is 0 Å². The summed E-state index contributed by atoms with van der Waals surface area (Å²) in [7, 11) is 0. The van der Waals surface area contributed by atoms with Crippen molar-refractivity contribution in [2.45, 2.75) is 45.3 Å². The smallest absolute Gasteiger partial charge is 0.119 e. The number of hydrogen-bond donors (Lipinski definition) is 1. The van der Waals surface area contributed by atoms with Crippen molar-refractivity contribution in [1.82, 2.24) is 0 Å². The van der Waals surface area contributed by atoms with E-state index >= 15 is 0 Å². The molecule has 21 heavy (non-hydrogen) atoms. The number of hydrogen-bond acceptors (Lipinski definition) is 2. The molecule has 1 unspecified atom stereocenters. The molecule has 0 radical (unpaired) electrons. The van der Waals surface area contributed by atoms with E-state index in [9.17, 15) is 5.11 Å². The normalized spacial score (nSPS) is 12.1. The van der Waals surface area contributed by atoms with Crippen LogP contribution in [-0.4, -0.2) is 5.11 Å². The van der Waals surface area contributed by atoms with E-state index in [1.54, 1.807) is 0 Å². The lowest BCUT2D eigenvalue weighted by atomic mass is 10.0. The lowest BCUT2D eigenvalue weighted by Crippen LogP contribution is -2.00. The Morgan fingerprint density at radius 3 is 2.57 bits per heavy atom. The second-order valence-electron chi connectivity index (χ2n) is 5.36. The first-order valence-electron chi connectivity index (χ1n) is 7.74. The summed E-state index contributed by atoms with van der Waals surface area (Å²) in [5.74, 6) is 0.867. The predicted octanol–water partition coefficient (Wildman–Crippen LogP) is 4.88. The molecular formula is C19H24O2. The maximum atomic E-state index is 10.2. The standard InChI is InChI=1S/C19H24O2/c1-2-3-5-13-19(20)17-10-8-9-16(14-17)15-21-18-11-6-4-7-12-18/h4,6-12,14,19-20H,2-3,5,13,15H2,1H3. The largest absolute Gasteiger partial charge is 0.489 e. The third kappa shape index (κ3) is 5.24. The fourth-order valence-electron chi connectivity index (χ4n) is 2.33. The van der Waals surface area contributed by atoms with Crippen LogP contribution in [0.15, 0.2) is 54.6 Å². The summed E-state index contributed by atoms with van der Waals surface area (Å²) in [5.41, 5.74) is 2.08. The summed E-state index contributed by atoms with van der Waals surface area (Å²) in [5, 5.41) is 10.2. The SMILES string of the molecule is CCCCCC(O)c1cccc(COc2ccccc2)c1. The Labute approximate surface area is 127 Å². The van der Waals surface area contributed by atoms with Gasteiger partial charge in [-0.3, -0.25) is 0 Å². The predicted molar refractivity (Wildman–Crippen MR) is 86.3 cm³/mol. The van der Waals surface area contributed by atoms with Crippen LogP contribution in [0.3, 0.4) is 0 Å². The maximum Gasteiger partial charge on any atom is 0.119 e. The van der Waals surface area contributed by atoms with Gasteiger partial charge in [-0.2, -0.15) is 0 Å². The van der Waals surface area contributed by atoms with Gasteiger partial charge in [-0.25, -0.2) is 0 Å². The third-order valence-corrected chi connectivity index (χ3v) is 3.57. The molecule has 0 aliphatic rings. The highest BCUT2D eigenvalue weighted by Crippen LogP contribution is 2.21. The molecule has 0 saturated carbocycles. The number of benzene rings is 2. The molecule has 0 aromatic heterocycles. The average Bonchev–Trinajstić information content (AvgIpc) is 2.54. The number of unbranched alkanes of at least 4 members (excludes halogenated alkanes) is 2. The number of aliphatic hydroxyl groups is 1. The van der Waals surface area contributed by atoms with E-state index in [-0.39, 0.29) is 6.10 Å². The quantitative estimate of drug-likeness (QED) is 0.700. The number of rotatable bonds is 8. The van der Waals surface area contributed by atoms with Crippen LogP contribution in [0.2, 0.25) is 0 Å². The van der Waals surface area contributed by atoms with Crippen LogP contribution in [-0.2, 0) is 6.61 Å². The van der Waals surface area contributed by atoms with E-state index in [1.165, 1.54) is 12.8 Å². The first-order valence-corrected chi connectivity index (χ1v) is 7.74. The fraction of sp³-hybridized carbons (Fsp3) is 0.368. The van der Waals surface area contributed by atoms with Gasteiger partial charge in [0.1, 0.15) is 12.4 Å². The lowest BCUT2D eigenvalue weighted by molar-refractivity contribution is 0.163. The Bertz CT molecular complexity index is 522. The van der Waals surface area contributed by atoms with Gasteiger partial charge in [0.2, 0.25) is 0 Å². The summed E-state index contributed by atoms with van der Waals surface area (Å²) in [6, 6.07) is 17.8. The highest BCUT2D eigenvalue weighted by molar-refractivity contribution is 5.26. The Morgan fingerprint density at radius 2 is 1.81 bits per heavy atom. The molecule has 0 fully saturated rings. The van der Waals surface area contributed by atoms with Crippen molar-refractivity contribution < 1.29 is 9.84 Å². The molecule has 0 amide bonds. The van der Waals surface area contributed by atoms with Crippen LogP contribution in [0.5, 0.6) is 5.75 Å². The van der Waals surface area contributed by atoms with Crippen LogP contribution in [0.4, 0.5) is 0 Å². The molecule has 1 atom stereocenters. The minimum atomic E-state index is -0.367. The molecule has 1 N–H and O–H groups in total. The molecule has 0 heterocycles. The zero-order valence-electron chi connectivity index (χ0n) is 12.7. The minimum absolute atomic E-state index is 0.367. The van der Waals surface area contributed by atoms with Gasteiger partial charge in [0.15, 0.2) is 0 Å². The number of ether oxygens (including phenoxy) is 1. The summed E-state index contributed by atoms with van der Waals surface area (Å²) < 4.78 is 5.74. The summed E-state index contributed by atoms with van der Waals surface area (Å²) in [6.07, 6.45) is 3.89. The van der Waals surface area contributed by atoms with Crippen molar-refractivity contribution in [3.05, 3.63) is 65.7 Å². The first-order chi connectivity index (χ1) is 10.3. The molecular weight excluding hydrogens is 260 g/mol. The number of aliphatic hydroxyl groups excluding tert-OH is 1. The van der Waals surface area contributed by atoms with Crippen LogP contribution in [0.1, 0.15) is 49.8 Å². The zero-order valence-corrected chi connectivity index (χ0v) is 12.7. The van der Waals surface area contributed by atoms with Crippen LogP contribution in [0, 0.1) is 0 Å². The van der Waals surface area contributed by atoms with Crippen molar-refractivity contribution in [3.8, 4) is 5.75 Å². The van der Waals surface area contributed by atoms with Gasteiger partial charge in [0.25, 0.3) is 0 Å². The Kier molecular flexibility index (Phi) is 6.29. The minimum Gasteiger partial charge on any atom is -0.489 e. The summed E-state index contributed by atoms with van der Waals surface area (Å²) in [4.78, 5) is 0. The van der Waals surface area contributed by atoms with Crippen LogP contribution in [0.25, 0.3) is 0 Å². The maximum absolute atomic E-state index is 10.2. The summed E-state index contributed by atoms with van der Waals surface area (Å²) >= 11 is 0. The van der Waals surface area contributed by atoms with Gasteiger partial charge < -0.3 is 9.84 Å². The number of para-hydroxylation sites is 1. The molecule has 0 saturated heterocycles. The molecule has 0 aliphatic carbocycles. The zero-order chi connectivity index (χ0) is 14.9. The third-order valence-electron chi connectivity index (χ3n) is 3.57. The molecule has 0 aliphatic heterocycles. The molecule has 2 aromatic carbocycles. The highest BCUT2D eigenvalue weighted by atomic mass is 16.5. The van der Waals surface area contributed by atoms with E-state index in [1.807, 2.05) is 54.6 Å².